The summed E-state index contributed by atoms with van der Waals surface area (Å²) in [5.74, 6) is 0.232. The van der Waals surface area contributed by atoms with Crippen molar-refractivity contribution in [2.24, 2.45) is 0 Å². The summed E-state index contributed by atoms with van der Waals surface area (Å²) in [4.78, 5) is 24.9. The average molecular weight is 417 g/mol. The van der Waals surface area contributed by atoms with Crippen molar-refractivity contribution in [2.45, 2.75) is 39.3 Å². The third kappa shape index (κ3) is 6.19. The van der Waals surface area contributed by atoms with Crippen molar-refractivity contribution in [3.63, 3.8) is 0 Å². The molecule has 2 N–H and O–H groups in total. The zero-order valence-electron chi connectivity index (χ0n) is 18.1. The Balaban J connectivity index is 1.54. The first-order valence-electron chi connectivity index (χ1n) is 10.5. The lowest BCUT2D eigenvalue weighted by molar-refractivity contribution is -0.122. The Labute approximate surface area is 183 Å². The highest BCUT2D eigenvalue weighted by atomic mass is 16.5. The van der Waals surface area contributed by atoms with Crippen molar-refractivity contribution >= 4 is 17.5 Å². The van der Waals surface area contributed by atoms with E-state index in [2.05, 4.69) is 17.6 Å². The molecule has 0 aliphatic carbocycles. The summed E-state index contributed by atoms with van der Waals surface area (Å²) in [6.45, 7) is 5.74. The second kappa shape index (κ2) is 10.4. The van der Waals surface area contributed by atoms with Gasteiger partial charge in [-0.1, -0.05) is 49.4 Å². The van der Waals surface area contributed by atoms with Crippen LogP contribution in [0.5, 0.6) is 5.75 Å². The van der Waals surface area contributed by atoms with E-state index in [0.29, 0.717) is 17.0 Å². The Hall–Kier alpha value is -3.60. The smallest absolute Gasteiger partial charge is 0.265 e. The Kier molecular flexibility index (Phi) is 7.44. The Morgan fingerprint density at radius 1 is 0.871 bits per heavy atom. The number of nitrogens with one attached hydrogen (secondary N) is 2. The van der Waals surface area contributed by atoms with Gasteiger partial charge in [-0.15, -0.1) is 0 Å². The van der Waals surface area contributed by atoms with Crippen molar-refractivity contribution in [3.05, 3.63) is 95.6 Å². The molecule has 0 aliphatic rings. The van der Waals surface area contributed by atoms with Gasteiger partial charge in [0.25, 0.3) is 11.8 Å². The minimum atomic E-state index is -0.651. The first kappa shape index (κ1) is 22.1. The van der Waals surface area contributed by atoms with Crippen LogP contribution in [0.25, 0.3) is 0 Å². The molecule has 0 radical (unpaired) electrons. The van der Waals surface area contributed by atoms with Gasteiger partial charge in [0, 0.05) is 11.3 Å². The molecule has 160 valence electrons. The topological polar surface area (TPSA) is 67.4 Å². The van der Waals surface area contributed by atoms with Crippen LogP contribution in [-0.2, 0) is 11.2 Å². The van der Waals surface area contributed by atoms with Crippen molar-refractivity contribution in [1.82, 2.24) is 5.32 Å². The van der Waals surface area contributed by atoms with Gasteiger partial charge in [-0.3, -0.25) is 9.59 Å². The number of benzene rings is 3. The number of carbonyl (C=O) groups excluding carboxylic acids is 2. The van der Waals surface area contributed by atoms with Crippen LogP contribution >= 0.6 is 0 Å². The number of ether oxygens (including phenoxy) is 1. The van der Waals surface area contributed by atoms with Crippen LogP contribution in [0.3, 0.4) is 0 Å². The molecule has 3 aromatic carbocycles. The molecule has 0 saturated heterocycles. The van der Waals surface area contributed by atoms with E-state index < -0.39 is 6.10 Å². The molecular weight excluding hydrogens is 388 g/mol. The van der Waals surface area contributed by atoms with E-state index in [-0.39, 0.29) is 17.9 Å². The molecule has 0 bridgehead atoms. The SMILES string of the molecule is CCc1ccc(OC(C)C(=O)Nc2ccc(C(=O)NC(C)c3ccccc3)cc2)cc1. The maximum atomic E-state index is 12.5. The molecule has 5 nitrogen and oxygen atoms in total. The minimum Gasteiger partial charge on any atom is -0.481 e. The lowest BCUT2D eigenvalue weighted by atomic mass is 10.1. The fraction of sp³-hybridized carbons (Fsp3) is 0.231. The molecule has 2 unspecified atom stereocenters. The number of aryl methyl sites for hydroxylation is 1. The molecule has 3 aromatic rings. The Bertz CT molecular complexity index is 999. The van der Waals surface area contributed by atoms with Crippen molar-refractivity contribution in [2.75, 3.05) is 5.32 Å². The van der Waals surface area contributed by atoms with Gasteiger partial charge in [-0.05, 0) is 67.8 Å². The number of carbonyl (C=O) groups is 2. The normalized spacial score (nSPS) is 12.5. The van der Waals surface area contributed by atoms with Crippen LogP contribution < -0.4 is 15.4 Å². The highest BCUT2D eigenvalue weighted by molar-refractivity contribution is 5.97. The van der Waals surface area contributed by atoms with Gasteiger partial charge >= 0.3 is 0 Å². The Morgan fingerprint density at radius 2 is 1.52 bits per heavy atom. The largest absolute Gasteiger partial charge is 0.481 e. The quantitative estimate of drug-likeness (QED) is 0.534. The fourth-order valence-corrected chi connectivity index (χ4v) is 3.12. The number of amides is 2. The van der Waals surface area contributed by atoms with Gasteiger partial charge in [0.15, 0.2) is 6.10 Å². The predicted molar refractivity (Wildman–Crippen MR) is 123 cm³/mol. The van der Waals surface area contributed by atoms with Crippen LogP contribution in [0.1, 0.15) is 48.3 Å². The van der Waals surface area contributed by atoms with E-state index in [4.69, 9.17) is 4.74 Å². The monoisotopic (exact) mass is 416 g/mol. The zero-order chi connectivity index (χ0) is 22.2. The van der Waals surface area contributed by atoms with Gasteiger partial charge in [-0.25, -0.2) is 0 Å². The van der Waals surface area contributed by atoms with Crippen LogP contribution in [0.4, 0.5) is 5.69 Å². The highest BCUT2D eigenvalue weighted by Gasteiger charge is 2.16. The van der Waals surface area contributed by atoms with E-state index in [1.807, 2.05) is 61.5 Å². The maximum absolute atomic E-state index is 12.5. The minimum absolute atomic E-state index is 0.0996. The molecule has 31 heavy (non-hydrogen) atoms. The summed E-state index contributed by atoms with van der Waals surface area (Å²) in [5, 5.41) is 5.80. The number of hydrogen-bond acceptors (Lipinski definition) is 3. The molecule has 5 heteroatoms. The van der Waals surface area contributed by atoms with E-state index >= 15 is 0 Å². The summed E-state index contributed by atoms with van der Waals surface area (Å²) in [6.07, 6.45) is 0.303. The molecule has 2 amide bonds. The summed E-state index contributed by atoms with van der Waals surface area (Å²) >= 11 is 0. The van der Waals surface area contributed by atoms with Crippen molar-refractivity contribution in [1.29, 1.82) is 0 Å². The van der Waals surface area contributed by atoms with E-state index in [1.165, 1.54) is 5.56 Å². The van der Waals surface area contributed by atoms with Crippen LogP contribution in [-0.4, -0.2) is 17.9 Å². The Morgan fingerprint density at radius 3 is 2.13 bits per heavy atom. The molecule has 0 aliphatic heterocycles. The lowest BCUT2D eigenvalue weighted by Gasteiger charge is -2.16. The van der Waals surface area contributed by atoms with Gasteiger partial charge in [0.05, 0.1) is 6.04 Å². The van der Waals surface area contributed by atoms with E-state index in [0.717, 1.165) is 12.0 Å². The zero-order valence-corrected chi connectivity index (χ0v) is 18.1. The molecule has 0 heterocycles. The summed E-state index contributed by atoms with van der Waals surface area (Å²) in [7, 11) is 0. The van der Waals surface area contributed by atoms with Crippen LogP contribution in [0.15, 0.2) is 78.9 Å². The molecule has 0 saturated carbocycles. The lowest BCUT2D eigenvalue weighted by Crippen LogP contribution is -2.30. The summed E-state index contributed by atoms with van der Waals surface area (Å²) < 4.78 is 5.72. The third-order valence-corrected chi connectivity index (χ3v) is 5.08. The van der Waals surface area contributed by atoms with Crippen molar-refractivity contribution < 1.29 is 14.3 Å². The molecule has 0 aromatic heterocycles. The molecule has 2 atom stereocenters. The second-order valence-corrected chi connectivity index (χ2v) is 7.43. The summed E-state index contributed by atoms with van der Waals surface area (Å²) in [6, 6.07) is 24.2. The van der Waals surface area contributed by atoms with Gasteiger partial charge in [0.1, 0.15) is 5.75 Å². The van der Waals surface area contributed by atoms with Gasteiger partial charge < -0.3 is 15.4 Å². The first-order chi connectivity index (χ1) is 15.0. The molecule has 0 fully saturated rings. The predicted octanol–water partition coefficient (Wildman–Crippen LogP) is 5.15. The number of hydrogen-bond donors (Lipinski definition) is 2. The van der Waals surface area contributed by atoms with Crippen LogP contribution in [0.2, 0.25) is 0 Å². The molecule has 0 spiro atoms. The van der Waals surface area contributed by atoms with Crippen molar-refractivity contribution in [3.8, 4) is 5.75 Å². The average Bonchev–Trinajstić information content (AvgIpc) is 2.80. The third-order valence-electron chi connectivity index (χ3n) is 5.08. The van der Waals surface area contributed by atoms with E-state index in [9.17, 15) is 9.59 Å². The summed E-state index contributed by atoms with van der Waals surface area (Å²) in [5.41, 5.74) is 3.39. The standard InChI is InChI=1S/C26H28N2O3/c1-4-20-10-16-24(17-11-20)31-19(3)25(29)28-23-14-12-22(13-15-23)26(30)27-18(2)21-8-6-5-7-9-21/h5-19H,4H2,1-3H3,(H,27,30)(H,28,29). The van der Waals surface area contributed by atoms with Gasteiger partial charge in [-0.2, -0.15) is 0 Å². The van der Waals surface area contributed by atoms with E-state index in [1.54, 1.807) is 31.2 Å². The first-order valence-corrected chi connectivity index (χ1v) is 10.5. The number of anilines is 1. The maximum Gasteiger partial charge on any atom is 0.265 e. The highest BCUT2D eigenvalue weighted by Crippen LogP contribution is 2.17. The van der Waals surface area contributed by atoms with Crippen LogP contribution in [0, 0.1) is 0 Å². The molecule has 3 rings (SSSR count). The number of rotatable bonds is 8. The molecular formula is C26H28N2O3. The fourth-order valence-electron chi connectivity index (χ4n) is 3.12. The second-order valence-electron chi connectivity index (χ2n) is 7.43. The van der Waals surface area contributed by atoms with Gasteiger partial charge in [0.2, 0.25) is 0 Å².